The largest absolute Gasteiger partial charge is 0.497 e. The lowest BCUT2D eigenvalue weighted by atomic mass is 9.91. The molecular weight excluding hydrogens is 358 g/mol. The zero-order valence-electron chi connectivity index (χ0n) is 15.8. The lowest BCUT2D eigenvalue weighted by Gasteiger charge is -2.31. The van der Waals surface area contributed by atoms with E-state index in [2.05, 4.69) is 0 Å². The van der Waals surface area contributed by atoms with Crippen LogP contribution in [0.4, 0.5) is 0 Å². The molecular formula is C18H27NO6S. The van der Waals surface area contributed by atoms with Gasteiger partial charge in [-0.2, -0.15) is 4.31 Å². The van der Waals surface area contributed by atoms with Crippen LogP contribution in [-0.2, 0) is 24.2 Å². The van der Waals surface area contributed by atoms with Crippen molar-refractivity contribution in [2.75, 3.05) is 33.6 Å². The summed E-state index contributed by atoms with van der Waals surface area (Å²) in [5, 5.41) is 0. The van der Waals surface area contributed by atoms with E-state index in [4.69, 9.17) is 18.9 Å². The Hall–Kier alpha value is -1.19. The number of ether oxygens (including phenoxy) is 4. The van der Waals surface area contributed by atoms with Crippen molar-refractivity contribution in [3.63, 3.8) is 0 Å². The minimum Gasteiger partial charge on any atom is -0.497 e. The van der Waals surface area contributed by atoms with E-state index in [0.29, 0.717) is 13.2 Å². The number of hydrogen-bond donors (Lipinski definition) is 0. The Morgan fingerprint density at radius 3 is 2.54 bits per heavy atom. The lowest BCUT2D eigenvalue weighted by Crippen LogP contribution is -2.49. The van der Waals surface area contributed by atoms with Gasteiger partial charge < -0.3 is 18.9 Å². The highest BCUT2D eigenvalue weighted by atomic mass is 32.2. The fourth-order valence-corrected chi connectivity index (χ4v) is 5.06. The highest BCUT2D eigenvalue weighted by molar-refractivity contribution is 7.88. The van der Waals surface area contributed by atoms with Crippen molar-refractivity contribution in [3.05, 3.63) is 29.8 Å². The van der Waals surface area contributed by atoms with Crippen molar-refractivity contribution in [1.29, 1.82) is 0 Å². The molecule has 3 rings (SSSR count). The van der Waals surface area contributed by atoms with E-state index in [9.17, 15) is 8.42 Å². The minimum absolute atomic E-state index is 0.123. The summed E-state index contributed by atoms with van der Waals surface area (Å²) in [4.78, 5) is 0. The van der Waals surface area contributed by atoms with Crippen LogP contribution in [0.2, 0.25) is 0 Å². The molecule has 1 aromatic carbocycles. The smallest absolute Gasteiger partial charge is 0.211 e. The number of benzene rings is 1. The quantitative estimate of drug-likeness (QED) is 0.766. The van der Waals surface area contributed by atoms with Crippen LogP contribution in [0.1, 0.15) is 25.3 Å². The first-order valence-corrected chi connectivity index (χ1v) is 10.5. The SMILES string of the molecule is COc1cccc([C@H]2CN(S(C)(=O)=O)[C@@H]([C@H]3COC(C)(C)O3)[C@H]2OC)c1. The Morgan fingerprint density at radius 2 is 2.00 bits per heavy atom. The normalized spacial score (nSPS) is 32.0. The predicted octanol–water partition coefficient (Wildman–Crippen LogP) is 1.59. The third-order valence-corrected chi connectivity index (χ3v) is 6.32. The first-order chi connectivity index (χ1) is 12.2. The summed E-state index contributed by atoms with van der Waals surface area (Å²) in [6.45, 7) is 4.31. The van der Waals surface area contributed by atoms with Gasteiger partial charge >= 0.3 is 0 Å². The summed E-state index contributed by atoms with van der Waals surface area (Å²) in [6.07, 6.45) is 0.487. The average molecular weight is 385 g/mol. The average Bonchev–Trinajstić information content (AvgIpc) is 3.14. The maximum atomic E-state index is 12.5. The molecule has 2 aliphatic heterocycles. The van der Waals surface area contributed by atoms with Crippen LogP contribution >= 0.6 is 0 Å². The second-order valence-corrected chi connectivity index (χ2v) is 9.21. The molecule has 0 aliphatic carbocycles. The van der Waals surface area contributed by atoms with Crippen LogP contribution < -0.4 is 4.74 Å². The topological polar surface area (TPSA) is 74.3 Å². The Bertz CT molecular complexity index is 750. The van der Waals surface area contributed by atoms with Gasteiger partial charge in [0.25, 0.3) is 0 Å². The van der Waals surface area contributed by atoms with Crippen LogP contribution in [0, 0.1) is 0 Å². The highest BCUT2D eigenvalue weighted by Crippen LogP contribution is 2.41. The molecule has 2 saturated heterocycles. The first-order valence-electron chi connectivity index (χ1n) is 8.61. The second-order valence-electron chi connectivity index (χ2n) is 7.27. The van der Waals surface area contributed by atoms with Crippen molar-refractivity contribution < 1.29 is 27.4 Å². The van der Waals surface area contributed by atoms with Crippen LogP contribution in [0.5, 0.6) is 5.75 Å². The van der Waals surface area contributed by atoms with E-state index < -0.39 is 21.9 Å². The monoisotopic (exact) mass is 385 g/mol. The van der Waals surface area contributed by atoms with Crippen molar-refractivity contribution in [3.8, 4) is 5.75 Å². The summed E-state index contributed by atoms with van der Waals surface area (Å²) in [6, 6.07) is 7.21. The fourth-order valence-electron chi connectivity index (χ4n) is 3.93. The molecule has 0 saturated carbocycles. The highest BCUT2D eigenvalue weighted by Gasteiger charge is 2.53. The van der Waals surface area contributed by atoms with Crippen LogP contribution in [0.15, 0.2) is 24.3 Å². The Labute approximate surface area is 155 Å². The Kier molecular flexibility index (Phi) is 5.33. The molecule has 0 unspecified atom stereocenters. The van der Waals surface area contributed by atoms with Crippen LogP contribution in [0.3, 0.4) is 0 Å². The van der Waals surface area contributed by atoms with E-state index in [1.807, 2.05) is 38.1 Å². The molecule has 0 N–H and O–H groups in total. The molecule has 7 nitrogen and oxygen atoms in total. The van der Waals surface area contributed by atoms with Crippen molar-refractivity contribution >= 4 is 10.0 Å². The minimum atomic E-state index is -3.44. The maximum absolute atomic E-state index is 12.5. The summed E-state index contributed by atoms with van der Waals surface area (Å²) in [5.41, 5.74) is 0.977. The predicted molar refractivity (Wildman–Crippen MR) is 96.8 cm³/mol. The third kappa shape index (κ3) is 3.75. The summed E-state index contributed by atoms with van der Waals surface area (Å²) in [7, 11) is -0.221. The number of sulfonamides is 1. The van der Waals surface area contributed by atoms with E-state index in [0.717, 1.165) is 11.3 Å². The van der Waals surface area contributed by atoms with Gasteiger partial charge in [-0.3, -0.25) is 0 Å². The van der Waals surface area contributed by atoms with Gasteiger partial charge in [-0.25, -0.2) is 8.42 Å². The van der Waals surface area contributed by atoms with E-state index in [-0.39, 0.29) is 18.1 Å². The Balaban J connectivity index is 1.98. The summed E-state index contributed by atoms with van der Waals surface area (Å²) < 4.78 is 49.2. The van der Waals surface area contributed by atoms with Gasteiger partial charge in [0.2, 0.25) is 10.0 Å². The van der Waals surface area contributed by atoms with Gasteiger partial charge in [-0.1, -0.05) is 12.1 Å². The van der Waals surface area contributed by atoms with Gasteiger partial charge in [-0.15, -0.1) is 0 Å². The Morgan fingerprint density at radius 1 is 1.27 bits per heavy atom. The van der Waals surface area contributed by atoms with Crippen LogP contribution in [0.25, 0.3) is 0 Å². The molecule has 4 atom stereocenters. The van der Waals surface area contributed by atoms with Gasteiger partial charge in [-0.05, 0) is 31.5 Å². The molecule has 26 heavy (non-hydrogen) atoms. The van der Waals surface area contributed by atoms with Gasteiger partial charge in [0.05, 0.1) is 32.1 Å². The van der Waals surface area contributed by atoms with Gasteiger partial charge in [0.15, 0.2) is 5.79 Å². The molecule has 8 heteroatoms. The summed E-state index contributed by atoms with van der Waals surface area (Å²) in [5.74, 6) is -0.129. The molecule has 146 valence electrons. The zero-order chi connectivity index (χ0) is 19.1. The molecule has 0 radical (unpaired) electrons. The molecule has 0 spiro atoms. The molecule has 0 bridgehead atoms. The third-order valence-electron chi connectivity index (χ3n) is 5.07. The first kappa shape index (κ1) is 19.6. The zero-order valence-corrected chi connectivity index (χ0v) is 16.7. The van der Waals surface area contributed by atoms with Gasteiger partial charge in [0, 0.05) is 19.6 Å². The van der Waals surface area contributed by atoms with E-state index in [1.165, 1.54) is 10.6 Å². The molecule has 2 fully saturated rings. The van der Waals surface area contributed by atoms with Gasteiger partial charge in [0.1, 0.15) is 11.9 Å². The van der Waals surface area contributed by atoms with Crippen molar-refractivity contribution in [2.45, 2.75) is 43.8 Å². The number of nitrogens with zero attached hydrogens (tertiary/aromatic N) is 1. The molecule has 2 aliphatic rings. The van der Waals surface area contributed by atoms with E-state index >= 15 is 0 Å². The summed E-state index contributed by atoms with van der Waals surface area (Å²) >= 11 is 0. The van der Waals surface area contributed by atoms with E-state index in [1.54, 1.807) is 14.2 Å². The van der Waals surface area contributed by atoms with Crippen LogP contribution in [-0.4, -0.2) is 70.4 Å². The maximum Gasteiger partial charge on any atom is 0.211 e. The number of rotatable bonds is 5. The van der Waals surface area contributed by atoms with Crippen molar-refractivity contribution in [2.24, 2.45) is 0 Å². The molecule has 1 aromatic rings. The lowest BCUT2D eigenvalue weighted by molar-refractivity contribution is -0.147. The molecule has 0 aromatic heterocycles. The fraction of sp³-hybridized carbons (Fsp3) is 0.667. The number of hydrogen-bond acceptors (Lipinski definition) is 6. The molecule has 2 heterocycles. The second kappa shape index (κ2) is 7.09. The molecule has 0 amide bonds. The standard InChI is InChI=1S/C18H27NO6S/c1-18(2)24-11-15(25-18)16-17(23-4)14(10-19(16)26(5,20)21)12-7-6-8-13(9-12)22-3/h6-9,14-17H,10-11H2,1-5H3/t14-,15-,16+,17+/m1/s1. The van der Waals surface area contributed by atoms with Crippen molar-refractivity contribution in [1.82, 2.24) is 4.31 Å². The number of methoxy groups -OCH3 is 2.